The number of nitrogens with zero attached hydrogens (tertiary/aromatic N) is 4. The van der Waals surface area contributed by atoms with E-state index in [4.69, 9.17) is 37.5 Å². The number of H-pyrrole nitrogens is 1. The lowest BCUT2D eigenvalue weighted by atomic mass is 9.80. The number of nitrogens with one attached hydrogen (secondary N) is 1. The molecule has 0 saturated carbocycles. The minimum atomic E-state index is -1.95. The van der Waals surface area contributed by atoms with Crippen LogP contribution in [0.5, 0.6) is 11.5 Å². The van der Waals surface area contributed by atoms with Crippen molar-refractivity contribution in [1.29, 1.82) is 5.26 Å². The van der Waals surface area contributed by atoms with Crippen LogP contribution in [0.25, 0.3) is 0 Å². The maximum Gasteiger partial charge on any atom is 0.330 e. The molecule has 4 aromatic carbocycles. The third kappa shape index (κ3) is 11.2. The van der Waals surface area contributed by atoms with E-state index in [1.54, 1.807) is 39.5 Å². The summed E-state index contributed by atoms with van der Waals surface area (Å²) in [6.07, 6.45) is -3.48. The second-order valence-corrected chi connectivity index (χ2v) is 18.5. The van der Waals surface area contributed by atoms with Gasteiger partial charge in [-0.15, -0.1) is 0 Å². The van der Waals surface area contributed by atoms with Gasteiger partial charge in [-0.1, -0.05) is 66.7 Å². The second kappa shape index (κ2) is 23.2. The van der Waals surface area contributed by atoms with Crippen LogP contribution in [0, 0.1) is 17.1 Å². The van der Waals surface area contributed by atoms with Gasteiger partial charge in [0.05, 0.1) is 51.7 Å². The van der Waals surface area contributed by atoms with Crippen LogP contribution in [0.3, 0.4) is 0 Å². The number of ether oxygens (including phenoxy) is 6. The van der Waals surface area contributed by atoms with Crippen molar-refractivity contribution in [1.82, 2.24) is 14.2 Å². The van der Waals surface area contributed by atoms with E-state index < -0.39 is 62.1 Å². The van der Waals surface area contributed by atoms with E-state index in [0.29, 0.717) is 30.2 Å². The summed E-state index contributed by atoms with van der Waals surface area (Å²) >= 11 is 0. The predicted molar refractivity (Wildman–Crippen MR) is 256 cm³/mol. The van der Waals surface area contributed by atoms with Crippen molar-refractivity contribution in [2.24, 2.45) is 0 Å². The molecule has 3 unspecified atom stereocenters. The largest absolute Gasteiger partial charge is 0.497 e. The summed E-state index contributed by atoms with van der Waals surface area (Å²) in [6.45, 7) is 8.80. The highest BCUT2D eigenvalue weighted by Crippen LogP contribution is 2.51. The monoisotopic (exact) mass is 953 g/mol. The molecule has 1 aromatic heterocycles. The molecule has 15 nitrogen and oxygen atoms in total. The highest BCUT2D eigenvalue weighted by molar-refractivity contribution is 7.44. The van der Waals surface area contributed by atoms with Gasteiger partial charge in [0.2, 0.25) is 0 Å². The standard InChI is InChI=1S/C51H61FN5O10P/c1-34(2)57(35(3)4)68(64-31-13-28-53)67-47-45(33-63-51(36-14-9-8-10-15-36,37-18-22-39(60-5)23-19-37)38-20-24-40(61-6)25-21-38)66-49(56-30-27-46(58)54-50(56)59)48(47)65-44-32-55(29-26-43(44)62-7)42-17-12-11-16-41(42)52/h8-12,14-25,27,30,34-35,43-45,47-49H,13,26,29,31-33H2,1-7H3,(H,54,58,59)/t43?,44?,45-,47-,48-,49-,68?/m1/s1. The molecular weight excluding hydrogens is 893 g/mol. The Kier molecular flexibility index (Phi) is 17.2. The summed E-state index contributed by atoms with van der Waals surface area (Å²) in [6, 6.07) is 35.0. The molecule has 362 valence electrons. The highest BCUT2D eigenvalue weighted by atomic mass is 31.2. The van der Waals surface area contributed by atoms with Crippen LogP contribution in [0.1, 0.15) is 63.5 Å². The van der Waals surface area contributed by atoms with Gasteiger partial charge in [-0.2, -0.15) is 5.26 Å². The molecule has 1 N–H and O–H groups in total. The number of nitriles is 1. The Morgan fingerprint density at radius 3 is 2.03 bits per heavy atom. The Balaban J connectivity index is 1.39. The topological polar surface area (TPSA) is 159 Å². The molecule has 0 bridgehead atoms. The van der Waals surface area contributed by atoms with E-state index in [9.17, 15) is 14.9 Å². The van der Waals surface area contributed by atoms with E-state index in [1.807, 2.05) is 111 Å². The van der Waals surface area contributed by atoms with Crippen molar-refractivity contribution in [2.45, 2.75) is 95.0 Å². The molecule has 3 heterocycles. The zero-order valence-corrected chi connectivity index (χ0v) is 40.4. The zero-order valence-electron chi connectivity index (χ0n) is 39.5. The number of hydrogen-bond donors (Lipinski definition) is 1. The molecule has 2 fully saturated rings. The maximum atomic E-state index is 15.4. The van der Waals surface area contributed by atoms with Crippen molar-refractivity contribution in [3.63, 3.8) is 0 Å². The summed E-state index contributed by atoms with van der Waals surface area (Å²) in [4.78, 5) is 30.7. The number of rotatable bonds is 21. The van der Waals surface area contributed by atoms with Gasteiger partial charge in [-0.25, -0.2) is 13.9 Å². The molecule has 17 heteroatoms. The number of piperidine rings is 1. The van der Waals surface area contributed by atoms with Gasteiger partial charge in [0, 0.05) is 44.5 Å². The van der Waals surface area contributed by atoms with E-state index in [2.05, 4.69) is 15.7 Å². The Bertz CT molecular complexity index is 2490. The lowest BCUT2D eigenvalue weighted by molar-refractivity contribution is -0.141. The number of para-hydroxylation sites is 1. The van der Waals surface area contributed by atoms with Crippen LogP contribution in [0.2, 0.25) is 0 Å². The van der Waals surface area contributed by atoms with Crippen LogP contribution < -0.4 is 25.6 Å². The van der Waals surface area contributed by atoms with Crippen LogP contribution in [0.15, 0.2) is 125 Å². The van der Waals surface area contributed by atoms with Crippen molar-refractivity contribution in [3.8, 4) is 17.6 Å². The quantitative estimate of drug-likeness (QED) is 0.0430. The van der Waals surface area contributed by atoms with Gasteiger partial charge in [-0.3, -0.25) is 14.3 Å². The highest BCUT2D eigenvalue weighted by Gasteiger charge is 2.53. The Labute approximate surface area is 398 Å². The number of anilines is 1. The van der Waals surface area contributed by atoms with Gasteiger partial charge in [0.15, 0.2) is 6.23 Å². The second-order valence-electron chi connectivity index (χ2n) is 17.1. The van der Waals surface area contributed by atoms with Crippen molar-refractivity contribution < 1.29 is 41.9 Å². The maximum absolute atomic E-state index is 15.4. The first-order valence-corrected chi connectivity index (χ1v) is 23.9. The van der Waals surface area contributed by atoms with E-state index in [0.717, 1.165) is 16.7 Å². The van der Waals surface area contributed by atoms with Gasteiger partial charge in [-0.05, 0) is 87.2 Å². The first kappa shape index (κ1) is 50.4. The van der Waals surface area contributed by atoms with Gasteiger partial charge >= 0.3 is 5.69 Å². The minimum Gasteiger partial charge on any atom is -0.497 e. The molecule has 2 saturated heterocycles. The molecular formula is C51H61FN5O10P. The smallest absolute Gasteiger partial charge is 0.330 e. The summed E-state index contributed by atoms with van der Waals surface area (Å²) in [5.41, 5.74) is 0.169. The van der Waals surface area contributed by atoms with Crippen LogP contribution in [0.4, 0.5) is 10.1 Å². The van der Waals surface area contributed by atoms with E-state index in [-0.39, 0.29) is 44.1 Å². The number of aromatic amines is 1. The van der Waals surface area contributed by atoms with Gasteiger partial charge in [0.1, 0.15) is 47.3 Å². The minimum absolute atomic E-state index is 0.0707. The Morgan fingerprint density at radius 2 is 1.46 bits per heavy atom. The normalized spacial score (nSPS) is 21.3. The fourth-order valence-corrected chi connectivity index (χ4v) is 10.8. The molecule has 2 aliphatic rings. The van der Waals surface area contributed by atoms with Crippen molar-refractivity contribution >= 4 is 14.2 Å². The van der Waals surface area contributed by atoms with Crippen LogP contribution in [-0.2, 0) is 33.6 Å². The first-order chi connectivity index (χ1) is 32.9. The molecule has 68 heavy (non-hydrogen) atoms. The van der Waals surface area contributed by atoms with Gasteiger partial charge < -0.3 is 42.4 Å². The Morgan fingerprint density at radius 1 is 0.838 bits per heavy atom. The predicted octanol–water partition coefficient (Wildman–Crippen LogP) is 7.94. The fraction of sp³-hybridized carbons (Fsp3) is 0.431. The zero-order chi connectivity index (χ0) is 48.4. The van der Waals surface area contributed by atoms with E-state index in [1.165, 1.54) is 22.9 Å². The van der Waals surface area contributed by atoms with Crippen molar-refractivity contribution in [3.05, 3.63) is 159 Å². The fourth-order valence-electron chi connectivity index (χ4n) is 9.07. The third-order valence-electron chi connectivity index (χ3n) is 12.2. The number of halogens is 1. The van der Waals surface area contributed by atoms with Crippen LogP contribution >= 0.6 is 8.53 Å². The molecule has 7 atom stereocenters. The number of methoxy groups -OCH3 is 3. The third-order valence-corrected chi connectivity index (χ3v) is 14.4. The number of aromatic nitrogens is 2. The SMILES string of the molecule is COc1ccc(C(OC[C@H]2O[C@@H](n3ccc(=O)[nH]c3=O)[C@H](OC3CN(c4ccccc4F)CCC3OC)[C@@H]2OP(OCCC#N)N(C(C)C)C(C)C)(c2ccccc2)c2ccc(OC)cc2)cc1. The molecule has 0 radical (unpaired) electrons. The molecule has 0 aliphatic carbocycles. The summed E-state index contributed by atoms with van der Waals surface area (Å²) in [7, 11) is 2.88. The molecule has 2 aliphatic heterocycles. The summed E-state index contributed by atoms with van der Waals surface area (Å²) < 4.78 is 71.4. The van der Waals surface area contributed by atoms with Crippen LogP contribution in [-0.4, -0.2) is 104 Å². The van der Waals surface area contributed by atoms with Gasteiger partial charge in [0.25, 0.3) is 14.1 Å². The molecule has 0 amide bonds. The average Bonchev–Trinajstić information content (AvgIpc) is 3.67. The number of hydrogen-bond acceptors (Lipinski definition) is 13. The lowest BCUT2D eigenvalue weighted by Crippen LogP contribution is -2.53. The molecule has 7 rings (SSSR count). The molecule has 5 aromatic rings. The van der Waals surface area contributed by atoms with Crippen molar-refractivity contribution in [2.75, 3.05) is 52.5 Å². The van der Waals surface area contributed by atoms with E-state index >= 15 is 4.39 Å². The summed E-state index contributed by atoms with van der Waals surface area (Å²) in [5, 5.41) is 9.60. The Hall–Kier alpha value is -5.47. The summed E-state index contributed by atoms with van der Waals surface area (Å²) in [5.74, 6) is 0.936. The molecule has 0 spiro atoms. The average molecular weight is 954 g/mol. The lowest BCUT2D eigenvalue weighted by Gasteiger charge is -2.42. The number of benzene rings is 4. The first-order valence-electron chi connectivity index (χ1n) is 22.8.